The van der Waals surface area contributed by atoms with Crippen LogP contribution in [0.2, 0.25) is 0 Å². The minimum Gasteiger partial charge on any atom is -0.330 e. The summed E-state index contributed by atoms with van der Waals surface area (Å²) >= 11 is 0. The van der Waals surface area contributed by atoms with E-state index >= 15 is 0 Å². The summed E-state index contributed by atoms with van der Waals surface area (Å²) in [5.41, 5.74) is 6.13. The Bertz CT molecular complexity index is 321. The van der Waals surface area contributed by atoms with Gasteiger partial charge in [-0.3, -0.25) is 4.98 Å². The van der Waals surface area contributed by atoms with Crippen molar-refractivity contribution in [2.24, 2.45) is 5.73 Å². The summed E-state index contributed by atoms with van der Waals surface area (Å²) < 4.78 is 13.6. The number of rotatable bonds is 2. The van der Waals surface area contributed by atoms with Gasteiger partial charge in [0.25, 0.3) is 0 Å². The standard InChI is InChI=1S/C10H14FN3/c11-9-1-3-13-5-8(9)10(6-12)2-4-14-7-10/h1,3,5,14H,2,4,6-7,12H2. The molecule has 0 spiro atoms. The zero-order valence-electron chi connectivity index (χ0n) is 7.96. The van der Waals surface area contributed by atoms with Crippen LogP contribution in [0.25, 0.3) is 0 Å². The van der Waals surface area contributed by atoms with Crippen LogP contribution in [-0.4, -0.2) is 24.6 Å². The molecule has 0 amide bonds. The molecular weight excluding hydrogens is 181 g/mol. The molecule has 1 aliphatic heterocycles. The van der Waals surface area contributed by atoms with E-state index in [0.717, 1.165) is 19.5 Å². The predicted octanol–water partition coefficient (Wildman–Crippen LogP) is 0.410. The summed E-state index contributed by atoms with van der Waals surface area (Å²) in [5, 5.41) is 3.22. The molecule has 2 heterocycles. The fraction of sp³-hybridized carbons (Fsp3) is 0.500. The maximum atomic E-state index is 13.6. The van der Waals surface area contributed by atoms with Crippen LogP contribution in [0.3, 0.4) is 0 Å². The zero-order valence-corrected chi connectivity index (χ0v) is 7.96. The van der Waals surface area contributed by atoms with Crippen LogP contribution < -0.4 is 11.1 Å². The van der Waals surface area contributed by atoms with Gasteiger partial charge in [0.1, 0.15) is 5.82 Å². The quantitative estimate of drug-likeness (QED) is 0.718. The number of halogens is 1. The highest BCUT2D eigenvalue weighted by Gasteiger charge is 2.36. The minimum absolute atomic E-state index is 0.200. The van der Waals surface area contributed by atoms with E-state index in [9.17, 15) is 4.39 Å². The molecule has 0 aromatic carbocycles. The van der Waals surface area contributed by atoms with Crippen LogP contribution in [0.5, 0.6) is 0 Å². The SMILES string of the molecule is NCC1(c2cnccc2F)CCNC1. The number of nitrogens with one attached hydrogen (secondary N) is 1. The van der Waals surface area contributed by atoms with Gasteiger partial charge in [-0.1, -0.05) is 0 Å². The highest BCUT2D eigenvalue weighted by Crippen LogP contribution is 2.30. The van der Waals surface area contributed by atoms with E-state index in [4.69, 9.17) is 5.73 Å². The van der Waals surface area contributed by atoms with Crippen LogP contribution in [0, 0.1) is 5.82 Å². The second-order valence-electron chi connectivity index (χ2n) is 3.77. The summed E-state index contributed by atoms with van der Waals surface area (Å²) in [4.78, 5) is 3.96. The number of pyridine rings is 1. The van der Waals surface area contributed by atoms with Crippen molar-refractivity contribution in [3.05, 3.63) is 29.8 Å². The van der Waals surface area contributed by atoms with Gasteiger partial charge in [-0.05, 0) is 19.0 Å². The van der Waals surface area contributed by atoms with Gasteiger partial charge in [0.2, 0.25) is 0 Å². The lowest BCUT2D eigenvalue weighted by molar-refractivity contribution is 0.449. The van der Waals surface area contributed by atoms with E-state index in [1.807, 2.05) is 0 Å². The Labute approximate surface area is 82.5 Å². The van der Waals surface area contributed by atoms with E-state index in [0.29, 0.717) is 12.1 Å². The number of hydrogen-bond donors (Lipinski definition) is 2. The molecule has 1 aliphatic rings. The first-order chi connectivity index (χ1) is 6.78. The molecule has 0 radical (unpaired) electrons. The number of aromatic nitrogens is 1. The minimum atomic E-state index is -0.252. The van der Waals surface area contributed by atoms with E-state index in [1.54, 1.807) is 6.20 Å². The van der Waals surface area contributed by atoms with Crippen LogP contribution >= 0.6 is 0 Å². The normalized spacial score (nSPS) is 26.7. The molecule has 3 nitrogen and oxygen atoms in total. The lowest BCUT2D eigenvalue weighted by atomic mass is 9.80. The average Bonchev–Trinajstić information content (AvgIpc) is 2.68. The summed E-state index contributed by atoms with van der Waals surface area (Å²) in [5.74, 6) is -0.200. The first-order valence-electron chi connectivity index (χ1n) is 4.79. The first kappa shape index (κ1) is 9.55. The summed E-state index contributed by atoms with van der Waals surface area (Å²) in [6.45, 7) is 2.10. The molecule has 4 heteroatoms. The Morgan fingerprint density at radius 1 is 1.64 bits per heavy atom. The van der Waals surface area contributed by atoms with E-state index in [1.165, 1.54) is 12.3 Å². The van der Waals surface area contributed by atoms with Gasteiger partial charge in [-0.2, -0.15) is 0 Å². The molecule has 1 atom stereocenters. The molecule has 3 N–H and O–H groups in total. The van der Waals surface area contributed by atoms with Crippen molar-refractivity contribution in [1.29, 1.82) is 0 Å². The smallest absolute Gasteiger partial charge is 0.130 e. The average molecular weight is 195 g/mol. The first-order valence-corrected chi connectivity index (χ1v) is 4.79. The van der Waals surface area contributed by atoms with Gasteiger partial charge in [0, 0.05) is 36.5 Å². The molecule has 1 fully saturated rings. The molecule has 2 rings (SSSR count). The van der Waals surface area contributed by atoms with Crippen molar-refractivity contribution in [3.63, 3.8) is 0 Å². The molecule has 76 valence electrons. The number of nitrogens with two attached hydrogens (primary N) is 1. The lowest BCUT2D eigenvalue weighted by Gasteiger charge is -2.26. The van der Waals surface area contributed by atoms with Crippen LogP contribution in [0.4, 0.5) is 4.39 Å². The summed E-state index contributed by atoms with van der Waals surface area (Å²) in [7, 11) is 0. The number of hydrogen-bond acceptors (Lipinski definition) is 3. The van der Waals surface area contributed by atoms with Gasteiger partial charge in [-0.15, -0.1) is 0 Å². The van der Waals surface area contributed by atoms with Crippen molar-refractivity contribution in [3.8, 4) is 0 Å². The van der Waals surface area contributed by atoms with Gasteiger partial charge in [-0.25, -0.2) is 4.39 Å². The highest BCUT2D eigenvalue weighted by atomic mass is 19.1. The van der Waals surface area contributed by atoms with Crippen LogP contribution in [0.15, 0.2) is 18.5 Å². The molecule has 0 bridgehead atoms. The lowest BCUT2D eigenvalue weighted by Crippen LogP contribution is -2.38. The zero-order chi connectivity index (χ0) is 10.0. The van der Waals surface area contributed by atoms with Gasteiger partial charge < -0.3 is 11.1 Å². The Morgan fingerprint density at radius 2 is 2.50 bits per heavy atom. The van der Waals surface area contributed by atoms with Crippen molar-refractivity contribution in [1.82, 2.24) is 10.3 Å². The van der Waals surface area contributed by atoms with Crippen LogP contribution in [-0.2, 0) is 5.41 Å². The van der Waals surface area contributed by atoms with E-state index in [-0.39, 0.29) is 11.2 Å². The molecular formula is C10H14FN3. The molecule has 1 unspecified atom stereocenters. The maximum Gasteiger partial charge on any atom is 0.130 e. The predicted molar refractivity (Wildman–Crippen MR) is 52.4 cm³/mol. The fourth-order valence-corrected chi connectivity index (χ4v) is 2.03. The molecule has 1 saturated heterocycles. The Balaban J connectivity index is 2.41. The van der Waals surface area contributed by atoms with E-state index in [2.05, 4.69) is 10.3 Å². The van der Waals surface area contributed by atoms with Crippen LogP contribution in [0.1, 0.15) is 12.0 Å². The van der Waals surface area contributed by atoms with Gasteiger partial charge in [0.05, 0.1) is 0 Å². The van der Waals surface area contributed by atoms with E-state index < -0.39 is 0 Å². The third kappa shape index (κ3) is 1.40. The van der Waals surface area contributed by atoms with Gasteiger partial charge in [0.15, 0.2) is 0 Å². The Kier molecular flexibility index (Phi) is 2.48. The van der Waals surface area contributed by atoms with Crippen molar-refractivity contribution >= 4 is 0 Å². The molecule has 14 heavy (non-hydrogen) atoms. The third-order valence-corrected chi connectivity index (χ3v) is 2.97. The number of nitrogens with zero attached hydrogens (tertiary/aromatic N) is 1. The second kappa shape index (κ2) is 3.63. The van der Waals surface area contributed by atoms with Crippen molar-refractivity contribution < 1.29 is 4.39 Å². The molecule has 1 aromatic heterocycles. The summed E-state index contributed by atoms with van der Waals surface area (Å²) in [6, 6.07) is 1.39. The third-order valence-electron chi connectivity index (χ3n) is 2.97. The Morgan fingerprint density at radius 3 is 3.07 bits per heavy atom. The summed E-state index contributed by atoms with van der Waals surface area (Å²) in [6.07, 6.45) is 3.94. The monoisotopic (exact) mass is 195 g/mol. The molecule has 0 saturated carbocycles. The maximum absolute atomic E-state index is 13.6. The fourth-order valence-electron chi connectivity index (χ4n) is 2.03. The molecule has 0 aliphatic carbocycles. The Hall–Kier alpha value is -1.00. The largest absolute Gasteiger partial charge is 0.330 e. The molecule has 1 aromatic rings. The topological polar surface area (TPSA) is 50.9 Å². The highest BCUT2D eigenvalue weighted by molar-refractivity contribution is 5.26. The van der Waals surface area contributed by atoms with Crippen molar-refractivity contribution in [2.45, 2.75) is 11.8 Å². The second-order valence-corrected chi connectivity index (χ2v) is 3.77. The van der Waals surface area contributed by atoms with Gasteiger partial charge >= 0.3 is 0 Å². The van der Waals surface area contributed by atoms with Crippen molar-refractivity contribution in [2.75, 3.05) is 19.6 Å².